The molecule has 0 unspecified atom stereocenters. The van der Waals surface area contributed by atoms with Crippen molar-refractivity contribution in [2.24, 2.45) is 5.92 Å². The van der Waals surface area contributed by atoms with Gasteiger partial charge < -0.3 is 15.5 Å². The fraction of sp³-hybridized carbons (Fsp3) is 0.600. The van der Waals surface area contributed by atoms with Crippen molar-refractivity contribution in [1.82, 2.24) is 10.6 Å². The summed E-state index contributed by atoms with van der Waals surface area (Å²) in [6.45, 7) is 2.38. The Labute approximate surface area is 151 Å². The summed E-state index contributed by atoms with van der Waals surface area (Å²) in [4.78, 5) is 26.2. The van der Waals surface area contributed by atoms with Crippen molar-refractivity contribution in [2.45, 2.75) is 51.5 Å². The molecule has 0 aliphatic heterocycles. The lowest BCUT2D eigenvalue weighted by Gasteiger charge is -2.17. The molecule has 1 fully saturated rings. The van der Waals surface area contributed by atoms with Crippen LogP contribution in [0.3, 0.4) is 0 Å². The molecule has 0 bridgehead atoms. The van der Waals surface area contributed by atoms with Gasteiger partial charge in [-0.05, 0) is 50.3 Å². The number of anilines is 1. The highest BCUT2D eigenvalue weighted by molar-refractivity contribution is 5.88. The lowest BCUT2D eigenvalue weighted by molar-refractivity contribution is -0.130. The molecule has 1 aliphatic carbocycles. The van der Waals surface area contributed by atoms with Crippen molar-refractivity contribution in [3.8, 4) is 0 Å². The first kappa shape index (κ1) is 19.3. The van der Waals surface area contributed by atoms with Crippen molar-refractivity contribution >= 4 is 17.5 Å². The van der Waals surface area contributed by atoms with Crippen LogP contribution in [0.5, 0.6) is 0 Å². The highest BCUT2D eigenvalue weighted by atomic mass is 16.2. The maximum absolute atomic E-state index is 12.1. The molecule has 5 heteroatoms. The van der Waals surface area contributed by atoms with Crippen molar-refractivity contribution < 1.29 is 9.59 Å². The number of nitrogens with one attached hydrogen (secondary N) is 2. The van der Waals surface area contributed by atoms with E-state index in [0.29, 0.717) is 6.54 Å². The number of hydrogen-bond donors (Lipinski definition) is 2. The number of carbonyl (C=O) groups is 2. The van der Waals surface area contributed by atoms with Crippen molar-refractivity contribution in [3.05, 3.63) is 29.8 Å². The van der Waals surface area contributed by atoms with E-state index in [4.69, 9.17) is 0 Å². The number of aryl methyl sites for hydroxylation is 1. The van der Waals surface area contributed by atoms with Gasteiger partial charge >= 0.3 is 0 Å². The van der Waals surface area contributed by atoms with Gasteiger partial charge in [-0.3, -0.25) is 9.59 Å². The molecule has 0 heterocycles. The van der Waals surface area contributed by atoms with Gasteiger partial charge in [0, 0.05) is 32.2 Å². The Balaban J connectivity index is 1.64. The molecule has 1 aromatic rings. The van der Waals surface area contributed by atoms with Crippen LogP contribution in [0.4, 0.5) is 5.69 Å². The van der Waals surface area contributed by atoms with Crippen molar-refractivity contribution in [2.75, 3.05) is 25.5 Å². The molecular formula is C20H31N3O2. The van der Waals surface area contributed by atoms with E-state index >= 15 is 0 Å². The Kier molecular flexibility index (Phi) is 7.29. The molecular weight excluding hydrogens is 314 g/mol. The number of rotatable bonds is 8. The number of nitrogens with zero attached hydrogens (tertiary/aromatic N) is 1. The molecule has 1 atom stereocenters. The van der Waals surface area contributed by atoms with E-state index in [1.54, 1.807) is 6.92 Å². The molecule has 5 nitrogen and oxygen atoms in total. The zero-order chi connectivity index (χ0) is 18.2. The van der Waals surface area contributed by atoms with Crippen LogP contribution in [0, 0.1) is 5.92 Å². The van der Waals surface area contributed by atoms with Crippen LogP contribution in [0.25, 0.3) is 0 Å². The molecule has 2 rings (SSSR count). The topological polar surface area (TPSA) is 61.4 Å². The summed E-state index contributed by atoms with van der Waals surface area (Å²) in [5, 5.41) is 5.76. The number of hydrogen-bond acceptors (Lipinski definition) is 3. The first-order valence-electron chi connectivity index (χ1n) is 9.31. The molecule has 2 amide bonds. The molecule has 0 saturated heterocycles. The summed E-state index contributed by atoms with van der Waals surface area (Å²) in [6, 6.07) is 8.00. The average Bonchev–Trinajstić information content (AvgIpc) is 3.13. The van der Waals surface area contributed by atoms with Gasteiger partial charge in [-0.2, -0.15) is 0 Å². The lowest BCUT2D eigenvalue weighted by atomic mass is 10.1. The maximum Gasteiger partial charge on any atom is 0.242 e. The van der Waals surface area contributed by atoms with Crippen LogP contribution in [-0.2, 0) is 16.0 Å². The third kappa shape index (κ3) is 6.07. The summed E-state index contributed by atoms with van der Waals surface area (Å²) in [5.74, 6) is 0.0239. The molecule has 0 radical (unpaired) electrons. The number of carbonyl (C=O) groups excluding carboxylic acids is 2. The average molecular weight is 345 g/mol. The van der Waals surface area contributed by atoms with Gasteiger partial charge in [-0.15, -0.1) is 0 Å². The Hall–Kier alpha value is -2.04. The van der Waals surface area contributed by atoms with Crippen LogP contribution in [-0.4, -0.2) is 38.5 Å². The third-order valence-corrected chi connectivity index (χ3v) is 4.87. The fourth-order valence-electron chi connectivity index (χ4n) is 3.20. The molecule has 1 aliphatic rings. The first-order valence-corrected chi connectivity index (χ1v) is 9.31. The molecule has 0 aromatic heterocycles. The molecule has 1 saturated carbocycles. The minimum Gasteiger partial charge on any atom is -0.378 e. The fourth-order valence-corrected chi connectivity index (χ4v) is 3.20. The zero-order valence-corrected chi connectivity index (χ0v) is 15.7. The van der Waals surface area contributed by atoms with E-state index < -0.39 is 6.04 Å². The summed E-state index contributed by atoms with van der Waals surface area (Å²) >= 11 is 0. The second-order valence-electron chi connectivity index (χ2n) is 7.17. The van der Waals surface area contributed by atoms with Crippen molar-refractivity contribution in [3.63, 3.8) is 0 Å². The summed E-state index contributed by atoms with van der Waals surface area (Å²) < 4.78 is 0. The first-order chi connectivity index (χ1) is 12.0. The van der Waals surface area contributed by atoms with Gasteiger partial charge in [-0.1, -0.05) is 25.0 Å². The highest BCUT2D eigenvalue weighted by Gasteiger charge is 2.25. The number of benzene rings is 1. The summed E-state index contributed by atoms with van der Waals surface area (Å²) in [5.41, 5.74) is 2.45. The third-order valence-electron chi connectivity index (χ3n) is 4.87. The quantitative estimate of drug-likeness (QED) is 0.712. The summed E-state index contributed by atoms with van der Waals surface area (Å²) in [6.07, 6.45) is 5.95. The molecule has 2 N–H and O–H groups in total. The van der Waals surface area contributed by atoms with Gasteiger partial charge in [0.2, 0.25) is 11.8 Å². The molecule has 138 valence electrons. The van der Waals surface area contributed by atoms with Crippen LogP contribution in [0.15, 0.2) is 24.3 Å². The minimum atomic E-state index is -0.465. The Bertz CT molecular complexity index is 563. The van der Waals surface area contributed by atoms with Gasteiger partial charge in [0.25, 0.3) is 0 Å². The molecule has 25 heavy (non-hydrogen) atoms. The largest absolute Gasteiger partial charge is 0.378 e. The van der Waals surface area contributed by atoms with Gasteiger partial charge in [0.05, 0.1) is 0 Å². The van der Waals surface area contributed by atoms with Gasteiger partial charge in [0.15, 0.2) is 0 Å². The second kappa shape index (κ2) is 9.44. The Morgan fingerprint density at radius 1 is 1.16 bits per heavy atom. The van der Waals surface area contributed by atoms with Crippen LogP contribution >= 0.6 is 0 Å². The monoisotopic (exact) mass is 345 g/mol. The van der Waals surface area contributed by atoms with Gasteiger partial charge in [0.1, 0.15) is 6.04 Å². The predicted molar refractivity (Wildman–Crippen MR) is 102 cm³/mol. The van der Waals surface area contributed by atoms with E-state index in [-0.39, 0.29) is 17.7 Å². The Morgan fingerprint density at radius 3 is 2.40 bits per heavy atom. The van der Waals surface area contributed by atoms with E-state index in [1.165, 1.54) is 11.3 Å². The van der Waals surface area contributed by atoms with Gasteiger partial charge in [-0.25, -0.2) is 0 Å². The predicted octanol–water partition coefficient (Wildman–Crippen LogP) is 2.50. The zero-order valence-electron chi connectivity index (χ0n) is 15.7. The molecule has 1 aromatic carbocycles. The lowest BCUT2D eigenvalue weighted by Crippen LogP contribution is -2.46. The van der Waals surface area contributed by atoms with Crippen LogP contribution < -0.4 is 15.5 Å². The standard InChI is InChI=1S/C20H31N3O2/c1-15(22-20(25)17-8-4-5-9-17)19(24)21-14-6-7-16-10-12-18(13-11-16)23(2)3/h10-13,15,17H,4-9,14H2,1-3H3,(H,21,24)(H,22,25)/t15-/m0/s1. The van der Waals surface area contributed by atoms with Crippen LogP contribution in [0.2, 0.25) is 0 Å². The van der Waals surface area contributed by atoms with Crippen molar-refractivity contribution in [1.29, 1.82) is 0 Å². The van der Waals surface area contributed by atoms with E-state index in [1.807, 2.05) is 14.1 Å². The second-order valence-corrected chi connectivity index (χ2v) is 7.17. The Morgan fingerprint density at radius 2 is 1.80 bits per heavy atom. The number of amides is 2. The van der Waals surface area contributed by atoms with E-state index in [9.17, 15) is 9.59 Å². The molecule has 0 spiro atoms. The van der Waals surface area contributed by atoms with E-state index in [0.717, 1.165) is 38.5 Å². The van der Waals surface area contributed by atoms with E-state index in [2.05, 4.69) is 39.8 Å². The summed E-state index contributed by atoms with van der Waals surface area (Å²) in [7, 11) is 4.05. The maximum atomic E-state index is 12.1. The van der Waals surface area contributed by atoms with Crippen LogP contribution in [0.1, 0.15) is 44.6 Å². The highest BCUT2D eigenvalue weighted by Crippen LogP contribution is 2.24. The normalized spacial score (nSPS) is 15.6. The smallest absolute Gasteiger partial charge is 0.242 e. The SMILES string of the molecule is C[C@H](NC(=O)C1CCCC1)C(=O)NCCCc1ccc(N(C)C)cc1. The minimum absolute atomic E-state index is 0.0288.